The van der Waals surface area contributed by atoms with Crippen LogP contribution in [0.15, 0.2) is 11.0 Å². The molecule has 0 aliphatic rings. The molecule has 5 heteroatoms. The maximum atomic E-state index is 10.4. The van der Waals surface area contributed by atoms with Gasteiger partial charge in [-0.3, -0.25) is 4.79 Å². The molecule has 1 rings (SSSR count). The zero-order chi connectivity index (χ0) is 5.98. The van der Waals surface area contributed by atoms with Crippen LogP contribution < -0.4 is 5.56 Å². The van der Waals surface area contributed by atoms with Crippen LogP contribution in [0.3, 0.4) is 0 Å². The van der Waals surface area contributed by atoms with Gasteiger partial charge in [0.2, 0.25) is 0 Å². The number of nitrogens with zero attached hydrogens (tertiary/aromatic N) is 1. The van der Waals surface area contributed by atoms with Gasteiger partial charge in [-0.2, -0.15) is 5.10 Å². The molecule has 0 aliphatic heterocycles. The van der Waals surface area contributed by atoms with Crippen molar-refractivity contribution < 1.29 is 0 Å². The number of H-pyrrole nitrogens is 2. The molecule has 0 unspecified atom stereocenters. The van der Waals surface area contributed by atoms with Gasteiger partial charge < -0.3 is 0 Å². The first-order valence-electron chi connectivity index (χ1n) is 1.93. The Hall–Kier alpha value is -0.970. The van der Waals surface area contributed by atoms with E-state index in [1.54, 1.807) is 0 Å². The third-order valence-corrected chi connectivity index (χ3v) is 0.930. The third-order valence-electron chi connectivity index (χ3n) is 0.640. The fourth-order valence-electron chi connectivity index (χ4n) is 0.294. The molecule has 0 saturated carbocycles. The lowest BCUT2D eigenvalue weighted by Crippen LogP contribution is -2.07. The summed E-state index contributed by atoms with van der Waals surface area (Å²) in [7, 11) is 0. The maximum Gasteiger partial charge on any atom is 0.283 e. The Morgan fingerprint density at radius 3 is 2.88 bits per heavy atom. The molecule has 1 aromatic rings. The summed E-state index contributed by atoms with van der Waals surface area (Å²) in [5.74, 6) is 0. The van der Waals surface area contributed by atoms with Gasteiger partial charge in [-0.25, -0.2) is 10.3 Å². The molecule has 0 bridgehead atoms. The zero-order valence-corrected chi connectivity index (χ0v) is 4.66. The lowest BCUT2D eigenvalue weighted by Gasteiger charge is -1.77. The Balaban J connectivity index is 3.59. The number of hydrogen-bond donors (Lipinski definition) is 2. The molecule has 0 aromatic carbocycles. The quantitative estimate of drug-likeness (QED) is 0.478. The smallest absolute Gasteiger partial charge is 0.266 e. The molecule has 0 spiro atoms. The molecular formula is C3H3N3OS. The SMILES string of the molecule is O=c1[nH][nH]ncc1=S. The highest BCUT2D eigenvalue weighted by atomic mass is 32.1. The van der Waals surface area contributed by atoms with Crippen LogP contribution in [0.2, 0.25) is 0 Å². The molecule has 0 fully saturated rings. The van der Waals surface area contributed by atoms with Crippen LogP contribution in [-0.4, -0.2) is 15.4 Å². The van der Waals surface area contributed by atoms with E-state index in [-0.39, 0.29) is 10.1 Å². The summed E-state index contributed by atoms with van der Waals surface area (Å²) in [6, 6.07) is 0. The van der Waals surface area contributed by atoms with Gasteiger partial charge in [0.15, 0.2) is 0 Å². The first-order chi connectivity index (χ1) is 3.80. The average molecular weight is 129 g/mol. The molecule has 0 saturated heterocycles. The van der Waals surface area contributed by atoms with E-state index in [1.807, 2.05) is 0 Å². The van der Waals surface area contributed by atoms with Gasteiger partial charge in [-0.1, -0.05) is 12.2 Å². The predicted octanol–water partition coefficient (Wildman–Crippen LogP) is -0.173. The van der Waals surface area contributed by atoms with Gasteiger partial charge in [0, 0.05) is 0 Å². The van der Waals surface area contributed by atoms with Crippen molar-refractivity contribution in [2.75, 3.05) is 0 Å². The lowest BCUT2D eigenvalue weighted by atomic mass is 10.7. The molecule has 0 amide bonds. The van der Waals surface area contributed by atoms with E-state index >= 15 is 0 Å². The van der Waals surface area contributed by atoms with Gasteiger partial charge in [0.1, 0.15) is 4.51 Å². The van der Waals surface area contributed by atoms with Crippen molar-refractivity contribution in [3.63, 3.8) is 0 Å². The van der Waals surface area contributed by atoms with E-state index in [4.69, 9.17) is 0 Å². The average Bonchev–Trinajstić information content (AvgIpc) is 1.77. The molecule has 0 atom stereocenters. The third kappa shape index (κ3) is 0.812. The Morgan fingerprint density at radius 2 is 2.50 bits per heavy atom. The highest BCUT2D eigenvalue weighted by Crippen LogP contribution is 1.66. The molecular weight excluding hydrogens is 126 g/mol. The van der Waals surface area contributed by atoms with E-state index in [0.717, 1.165) is 0 Å². The molecule has 8 heavy (non-hydrogen) atoms. The van der Waals surface area contributed by atoms with Gasteiger partial charge in [0.25, 0.3) is 5.56 Å². The number of aromatic nitrogens is 3. The van der Waals surface area contributed by atoms with Crippen LogP contribution in [0.4, 0.5) is 0 Å². The van der Waals surface area contributed by atoms with E-state index in [2.05, 4.69) is 27.6 Å². The molecule has 1 heterocycles. The highest BCUT2D eigenvalue weighted by molar-refractivity contribution is 7.71. The van der Waals surface area contributed by atoms with Crippen molar-refractivity contribution in [1.82, 2.24) is 15.4 Å². The fraction of sp³-hybridized carbons (Fsp3) is 0. The summed E-state index contributed by atoms with van der Waals surface area (Å²) >= 11 is 4.53. The van der Waals surface area contributed by atoms with Crippen LogP contribution in [0.25, 0.3) is 0 Å². The summed E-state index contributed by atoms with van der Waals surface area (Å²) in [5.41, 5.74) is -0.310. The van der Waals surface area contributed by atoms with Crippen molar-refractivity contribution in [3.8, 4) is 0 Å². The second kappa shape index (κ2) is 1.87. The number of nitrogens with one attached hydrogen (secondary N) is 2. The van der Waals surface area contributed by atoms with Crippen molar-refractivity contribution in [2.45, 2.75) is 0 Å². The first kappa shape index (κ1) is 5.17. The molecule has 0 radical (unpaired) electrons. The molecule has 4 nitrogen and oxygen atoms in total. The summed E-state index contributed by atoms with van der Waals surface area (Å²) in [6.45, 7) is 0. The second-order valence-corrected chi connectivity index (χ2v) is 1.63. The van der Waals surface area contributed by atoms with E-state index < -0.39 is 0 Å². The van der Waals surface area contributed by atoms with Gasteiger partial charge in [-0.05, 0) is 0 Å². The molecule has 42 valence electrons. The number of aromatic amines is 2. The normalized spacial score (nSPS) is 9.00. The Labute approximate surface area is 49.5 Å². The van der Waals surface area contributed by atoms with Gasteiger partial charge >= 0.3 is 0 Å². The topological polar surface area (TPSA) is 61.5 Å². The Bertz CT molecular complexity index is 245. The zero-order valence-electron chi connectivity index (χ0n) is 3.84. The van der Waals surface area contributed by atoms with Crippen LogP contribution in [0.5, 0.6) is 0 Å². The van der Waals surface area contributed by atoms with Crippen molar-refractivity contribution in [2.24, 2.45) is 0 Å². The minimum Gasteiger partial charge on any atom is -0.266 e. The van der Waals surface area contributed by atoms with E-state index in [0.29, 0.717) is 0 Å². The summed E-state index contributed by atoms with van der Waals surface area (Å²) in [5, 5.41) is 7.91. The van der Waals surface area contributed by atoms with Crippen LogP contribution >= 0.6 is 12.2 Å². The summed E-state index contributed by atoms with van der Waals surface area (Å²) in [4.78, 5) is 10.4. The molecule has 0 aliphatic carbocycles. The Kier molecular flexibility index (Phi) is 1.21. The van der Waals surface area contributed by atoms with Crippen LogP contribution in [-0.2, 0) is 0 Å². The standard InChI is InChI=1S/C3H3N3OS/c7-3-2(8)1-4-6-5-3/h1H,(H,6,8)(H,4,5,7). The predicted molar refractivity (Wildman–Crippen MR) is 30.0 cm³/mol. The lowest BCUT2D eigenvalue weighted by molar-refractivity contribution is 0.836. The van der Waals surface area contributed by atoms with Gasteiger partial charge in [0.05, 0.1) is 6.20 Å². The molecule has 2 N–H and O–H groups in total. The molecule has 1 aromatic heterocycles. The summed E-state index contributed by atoms with van der Waals surface area (Å²) in [6.07, 6.45) is 1.29. The minimum atomic E-state index is -0.310. The van der Waals surface area contributed by atoms with Crippen molar-refractivity contribution in [3.05, 3.63) is 21.1 Å². The minimum absolute atomic E-state index is 0.198. The van der Waals surface area contributed by atoms with Crippen LogP contribution in [0, 0.1) is 4.51 Å². The largest absolute Gasteiger partial charge is 0.283 e. The second-order valence-electron chi connectivity index (χ2n) is 1.19. The van der Waals surface area contributed by atoms with Gasteiger partial charge in [-0.15, -0.1) is 0 Å². The number of rotatable bonds is 0. The highest BCUT2D eigenvalue weighted by Gasteiger charge is 1.80. The van der Waals surface area contributed by atoms with Crippen LogP contribution in [0.1, 0.15) is 0 Å². The monoisotopic (exact) mass is 129 g/mol. The number of hydrogen-bond acceptors (Lipinski definition) is 3. The first-order valence-corrected chi connectivity index (χ1v) is 2.34. The Morgan fingerprint density at radius 1 is 1.75 bits per heavy atom. The maximum absolute atomic E-state index is 10.4. The van der Waals surface area contributed by atoms with Crippen molar-refractivity contribution in [1.29, 1.82) is 0 Å². The van der Waals surface area contributed by atoms with E-state index in [9.17, 15) is 4.79 Å². The van der Waals surface area contributed by atoms with E-state index in [1.165, 1.54) is 6.20 Å². The van der Waals surface area contributed by atoms with Crippen molar-refractivity contribution >= 4 is 12.2 Å². The fourth-order valence-corrected chi connectivity index (χ4v) is 0.398. The summed E-state index contributed by atoms with van der Waals surface area (Å²) < 4.78 is 0.198.